The van der Waals surface area contributed by atoms with Crippen molar-refractivity contribution in [1.29, 1.82) is 5.26 Å². The first-order valence-corrected chi connectivity index (χ1v) is 10.6. The number of oxime groups is 1. The van der Waals surface area contributed by atoms with Gasteiger partial charge in [-0.05, 0) is 47.5 Å². The maximum absolute atomic E-state index is 13.5. The molecule has 3 rings (SSSR count). The highest BCUT2D eigenvalue weighted by atomic mass is 19.1. The third kappa shape index (κ3) is 7.47. The highest BCUT2D eigenvalue weighted by Crippen LogP contribution is 2.23. The van der Waals surface area contributed by atoms with Crippen LogP contribution in [0.25, 0.3) is 0 Å². The summed E-state index contributed by atoms with van der Waals surface area (Å²) in [5.41, 5.74) is 2.52. The monoisotopic (exact) mass is 475 g/mol. The Kier molecular flexibility index (Phi) is 9.02. The van der Waals surface area contributed by atoms with E-state index in [1.165, 1.54) is 19.2 Å². The molecule has 8 nitrogen and oxygen atoms in total. The van der Waals surface area contributed by atoms with Crippen LogP contribution in [0.4, 0.5) is 4.39 Å². The van der Waals surface area contributed by atoms with Gasteiger partial charge in [-0.3, -0.25) is 4.79 Å². The molecule has 0 aromatic heterocycles. The van der Waals surface area contributed by atoms with Gasteiger partial charge in [0.05, 0.1) is 18.4 Å². The Morgan fingerprint density at radius 2 is 1.71 bits per heavy atom. The molecular weight excluding hydrogens is 453 g/mol. The van der Waals surface area contributed by atoms with E-state index in [0.717, 1.165) is 5.56 Å². The van der Waals surface area contributed by atoms with E-state index < -0.39 is 11.8 Å². The molecule has 0 fully saturated rings. The Morgan fingerprint density at radius 1 is 1.03 bits per heavy atom. The molecule has 0 radical (unpaired) electrons. The van der Waals surface area contributed by atoms with Crippen molar-refractivity contribution in [2.45, 2.75) is 18.9 Å². The van der Waals surface area contributed by atoms with Gasteiger partial charge in [0.25, 0.3) is 5.91 Å². The zero-order valence-electron chi connectivity index (χ0n) is 18.9. The summed E-state index contributed by atoms with van der Waals surface area (Å²) in [6.07, 6.45) is -0.254. The average Bonchev–Trinajstić information content (AvgIpc) is 2.89. The Morgan fingerprint density at radius 3 is 2.34 bits per heavy atom. The molecule has 3 aromatic rings. The zero-order chi connectivity index (χ0) is 25.0. The molecule has 0 saturated heterocycles. The zero-order valence-corrected chi connectivity index (χ0v) is 18.9. The van der Waals surface area contributed by atoms with Crippen LogP contribution in [0.2, 0.25) is 0 Å². The Hall–Kier alpha value is -4.58. The van der Waals surface area contributed by atoms with Crippen LogP contribution in [0, 0.1) is 22.1 Å². The number of nitrogens with zero attached hydrogens (tertiary/aromatic N) is 3. The lowest BCUT2D eigenvalue weighted by molar-refractivity contribution is -0.118. The number of benzene rings is 3. The van der Waals surface area contributed by atoms with Crippen molar-refractivity contribution < 1.29 is 23.5 Å². The number of nitroso groups, excluding NO2 is 1. The molecule has 0 aliphatic carbocycles. The first-order chi connectivity index (χ1) is 17.0. The molecule has 0 spiro atoms. The van der Waals surface area contributed by atoms with E-state index >= 15 is 0 Å². The van der Waals surface area contributed by atoms with Gasteiger partial charge in [-0.2, -0.15) is 5.26 Å². The molecule has 178 valence electrons. The van der Waals surface area contributed by atoms with Gasteiger partial charge in [-0.1, -0.05) is 41.6 Å². The van der Waals surface area contributed by atoms with Crippen LogP contribution in [-0.4, -0.2) is 25.3 Å². The van der Waals surface area contributed by atoms with Crippen molar-refractivity contribution in [3.63, 3.8) is 0 Å². The van der Waals surface area contributed by atoms with Crippen LogP contribution in [0.1, 0.15) is 29.0 Å². The van der Waals surface area contributed by atoms with Crippen LogP contribution in [0.5, 0.6) is 11.5 Å². The van der Waals surface area contributed by atoms with Gasteiger partial charge in [0, 0.05) is 10.7 Å². The number of amides is 1. The third-order valence-corrected chi connectivity index (χ3v) is 4.98. The molecule has 0 aliphatic rings. The smallest absolute Gasteiger partial charge is 0.288 e. The predicted molar refractivity (Wildman–Crippen MR) is 126 cm³/mol. The summed E-state index contributed by atoms with van der Waals surface area (Å²) < 4.78 is 25.0. The van der Waals surface area contributed by atoms with Crippen molar-refractivity contribution >= 4 is 11.6 Å². The molecule has 0 heterocycles. The Labute approximate surface area is 201 Å². The van der Waals surface area contributed by atoms with Crippen molar-refractivity contribution in [3.05, 3.63) is 100 Å². The van der Waals surface area contributed by atoms with Crippen molar-refractivity contribution in [1.82, 2.24) is 0 Å². The minimum atomic E-state index is -0.861. The summed E-state index contributed by atoms with van der Waals surface area (Å²) >= 11 is 0. The normalized spacial score (nSPS) is 11.7. The molecule has 1 amide bonds. The van der Waals surface area contributed by atoms with Gasteiger partial charge in [0.15, 0.2) is 0 Å². The van der Waals surface area contributed by atoms with Crippen LogP contribution in [0.3, 0.4) is 0 Å². The lowest BCUT2D eigenvalue weighted by atomic mass is 9.97. The standard InChI is InChI=1S/C26H22FN3O5/c1-33-30-25(20-3-2-4-22(27)13-20)17-35-23-9-5-18(6-10-23)16-34-24-11-7-19(8-12-24)21(15-28)14-26(31)29-32/h2-13,21H,14,16-17H2,1H3/b30-25+. The minimum Gasteiger partial charge on any atom is -0.489 e. The number of carbonyl (C=O) groups is 1. The van der Waals surface area contributed by atoms with E-state index in [2.05, 4.69) is 10.3 Å². The topological polar surface area (TPSA) is 110 Å². The molecule has 0 N–H and O–H groups in total. The number of halogens is 1. The van der Waals surface area contributed by atoms with Crippen molar-refractivity contribution in [3.8, 4) is 17.6 Å². The lowest BCUT2D eigenvalue weighted by Crippen LogP contribution is -2.13. The molecule has 9 heteroatoms. The van der Waals surface area contributed by atoms with E-state index in [0.29, 0.717) is 34.9 Å². The van der Waals surface area contributed by atoms with Gasteiger partial charge in [-0.15, -0.1) is 4.91 Å². The first-order valence-electron chi connectivity index (χ1n) is 10.6. The van der Waals surface area contributed by atoms with E-state index in [9.17, 15) is 19.4 Å². The first kappa shape index (κ1) is 25.1. The van der Waals surface area contributed by atoms with E-state index in [-0.39, 0.29) is 18.8 Å². The molecule has 0 bridgehead atoms. The van der Waals surface area contributed by atoms with Crippen LogP contribution in [-0.2, 0) is 16.2 Å². The van der Waals surface area contributed by atoms with E-state index in [1.54, 1.807) is 48.5 Å². The molecule has 0 saturated carbocycles. The van der Waals surface area contributed by atoms with Crippen molar-refractivity contribution in [2.75, 3.05) is 13.7 Å². The van der Waals surface area contributed by atoms with E-state index in [4.69, 9.17) is 14.3 Å². The van der Waals surface area contributed by atoms with Crippen LogP contribution >= 0.6 is 0 Å². The molecule has 0 aliphatic heterocycles. The fraction of sp³-hybridized carbons (Fsp3) is 0.192. The van der Waals surface area contributed by atoms with Crippen LogP contribution < -0.4 is 9.47 Å². The highest BCUT2D eigenvalue weighted by Gasteiger charge is 2.16. The summed E-state index contributed by atoms with van der Waals surface area (Å²) in [5, 5.41) is 15.5. The summed E-state index contributed by atoms with van der Waals surface area (Å²) in [7, 11) is 1.41. The van der Waals surface area contributed by atoms with Gasteiger partial charge in [-0.25, -0.2) is 4.39 Å². The van der Waals surface area contributed by atoms with Gasteiger partial charge < -0.3 is 14.3 Å². The quantitative estimate of drug-likeness (QED) is 0.216. The van der Waals surface area contributed by atoms with Crippen LogP contribution in [0.15, 0.2) is 83.1 Å². The second-order valence-electron chi connectivity index (χ2n) is 7.39. The maximum atomic E-state index is 13.5. The number of carbonyl (C=O) groups excluding carboxylic acids is 1. The fourth-order valence-corrected chi connectivity index (χ4v) is 3.19. The number of hydrogen-bond acceptors (Lipinski definition) is 7. The Bertz CT molecular complexity index is 1220. The Balaban J connectivity index is 1.54. The van der Waals surface area contributed by atoms with Crippen molar-refractivity contribution in [2.24, 2.45) is 10.3 Å². The average molecular weight is 475 g/mol. The SMILES string of the molecule is CO/N=C(\COc1ccc(COc2ccc(C(C#N)CC(=O)N=O)cc2)cc1)c1cccc(F)c1. The van der Waals surface area contributed by atoms with Gasteiger partial charge in [0.2, 0.25) is 0 Å². The summed E-state index contributed by atoms with van der Waals surface area (Å²) in [4.78, 5) is 26.3. The third-order valence-electron chi connectivity index (χ3n) is 4.98. The molecular formula is C26H22FN3O5. The highest BCUT2D eigenvalue weighted by molar-refractivity contribution is 6.01. The maximum Gasteiger partial charge on any atom is 0.288 e. The van der Waals surface area contributed by atoms with E-state index in [1.807, 2.05) is 18.2 Å². The number of hydrogen-bond donors (Lipinski definition) is 0. The molecule has 35 heavy (non-hydrogen) atoms. The minimum absolute atomic E-state index is 0.0949. The number of rotatable bonds is 11. The van der Waals surface area contributed by atoms with Gasteiger partial charge >= 0.3 is 0 Å². The number of nitriles is 1. The lowest BCUT2D eigenvalue weighted by Gasteiger charge is -2.11. The summed E-state index contributed by atoms with van der Waals surface area (Å²) in [6.45, 7) is 0.395. The second-order valence-corrected chi connectivity index (χ2v) is 7.39. The van der Waals surface area contributed by atoms with Gasteiger partial charge in [0.1, 0.15) is 43.4 Å². The molecule has 1 unspecified atom stereocenters. The predicted octanol–water partition coefficient (Wildman–Crippen LogP) is 5.12. The molecule has 1 atom stereocenters. The summed E-state index contributed by atoms with van der Waals surface area (Å²) in [5.74, 6) is -0.792. The number of ether oxygens (including phenoxy) is 2. The largest absolute Gasteiger partial charge is 0.489 e. The second kappa shape index (κ2) is 12.6. The fourth-order valence-electron chi connectivity index (χ4n) is 3.19. The molecule has 3 aromatic carbocycles. The summed E-state index contributed by atoms with van der Waals surface area (Å²) in [6, 6.07) is 22.0.